The number of halogens is 1. The lowest BCUT2D eigenvalue weighted by Crippen LogP contribution is -2.27. The Hall–Kier alpha value is 0.140. The van der Waals surface area contributed by atoms with Gasteiger partial charge in [-0.15, -0.1) is 0 Å². The molecule has 3 heteroatoms. The average molecular weight is 249 g/mol. The van der Waals surface area contributed by atoms with E-state index in [0.717, 1.165) is 11.8 Å². The molecule has 0 heterocycles. The van der Waals surface area contributed by atoms with Crippen LogP contribution in [0.2, 0.25) is 0 Å². The van der Waals surface area contributed by atoms with Crippen molar-refractivity contribution in [2.45, 2.75) is 32.7 Å². The molecule has 3 unspecified atom stereocenters. The molecule has 0 amide bonds. The fourth-order valence-corrected chi connectivity index (χ4v) is 1.75. The van der Waals surface area contributed by atoms with Gasteiger partial charge in [0.1, 0.15) is 0 Å². The summed E-state index contributed by atoms with van der Waals surface area (Å²) in [6, 6.07) is 0. The molecule has 0 spiro atoms. The maximum Gasteiger partial charge on any atom is 0.167 e. The summed E-state index contributed by atoms with van der Waals surface area (Å²) in [7, 11) is 0. The van der Waals surface area contributed by atoms with E-state index in [1.54, 1.807) is 0 Å². The van der Waals surface area contributed by atoms with Crippen molar-refractivity contribution >= 4 is 15.9 Å². The molecule has 0 fully saturated rings. The van der Waals surface area contributed by atoms with Gasteiger partial charge in [-0.2, -0.15) is 0 Å². The second kappa shape index (κ2) is 5.78. The molecule has 0 bridgehead atoms. The lowest BCUT2D eigenvalue weighted by Gasteiger charge is -2.22. The van der Waals surface area contributed by atoms with Crippen LogP contribution >= 0.6 is 15.9 Å². The van der Waals surface area contributed by atoms with Crippen molar-refractivity contribution in [2.75, 3.05) is 11.9 Å². The van der Waals surface area contributed by atoms with Crippen LogP contribution in [0.15, 0.2) is 12.2 Å². The van der Waals surface area contributed by atoms with E-state index in [-0.39, 0.29) is 12.4 Å². The Morgan fingerprint density at radius 2 is 2.38 bits per heavy atom. The van der Waals surface area contributed by atoms with Crippen molar-refractivity contribution in [1.82, 2.24) is 0 Å². The van der Waals surface area contributed by atoms with Crippen LogP contribution in [-0.4, -0.2) is 24.3 Å². The lowest BCUT2D eigenvalue weighted by molar-refractivity contribution is -0.149. The van der Waals surface area contributed by atoms with E-state index in [0.29, 0.717) is 12.5 Å². The lowest BCUT2D eigenvalue weighted by atomic mass is 10.1. The van der Waals surface area contributed by atoms with E-state index < -0.39 is 0 Å². The molecule has 2 nitrogen and oxygen atoms in total. The van der Waals surface area contributed by atoms with Gasteiger partial charge in [-0.25, -0.2) is 0 Å². The second-order valence-corrected chi connectivity index (χ2v) is 3.93. The normalized spacial score (nSPS) is 29.5. The maximum absolute atomic E-state index is 5.76. The molecule has 0 aromatic rings. The van der Waals surface area contributed by atoms with E-state index in [1.807, 2.05) is 6.92 Å². The molecule has 76 valence electrons. The summed E-state index contributed by atoms with van der Waals surface area (Å²) in [4.78, 5) is 0. The Morgan fingerprint density at radius 1 is 1.62 bits per heavy atom. The van der Waals surface area contributed by atoms with Crippen molar-refractivity contribution in [1.29, 1.82) is 0 Å². The highest BCUT2D eigenvalue weighted by atomic mass is 79.9. The number of hydrogen-bond donors (Lipinski definition) is 0. The van der Waals surface area contributed by atoms with Crippen molar-refractivity contribution in [3.8, 4) is 0 Å². The molecule has 0 N–H and O–H groups in total. The minimum atomic E-state index is -0.111. The zero-order chi connectivity index (χ0) is 9.68. The fourth-order valence-electron chi connectivity index (χ4n) is 1.41. The minimum absolute atomic E-state index is 0.111. The number of allylic oxidation sites excluding steroid dienone is 1. The van der Waals surface area contributed by atoms with Gasteiger partial charge in [0.2, 0.25) is 0 Å². The Labute approximate surface area is 88.4 Å². The largest absolute Gasteiger partial charge is 0.352 e. The molecule has 1 aliphatic carbocycles. The monoisotopic (exact) mass is 248 g/mol. The highest BCUT2D eigenvalue weighted by Gasteiger charge is 2.22. The van der Waals surface area contributed by atoms with Gasteiger partial charge >= 0.3 is 0 Å². The summed E-state index contributed by atoms with van der Waals surface area (Å²) in [6.07, 6.45) is 5.53. The molecule has 0 radical (unpaired) electrons. The molecule has 0 aromatic carbocycles. The number of alkyl halides is 1. The molecular formula is C10H17BrO2. The number of hydrogen-bond acceptors (Lipinski definition) is 2. The van der Waals surface area contributed by atoms with Crippen LogP contribution in [-0.2, 0) is 9.47 Å². The standard InChI is InChI=1S/C10H17BrO2/c1-3-12-10(7-11)13-9-6-4-5-8(9)2/h4,6,8-10H,3,5,7H2,1-2H3. The van der Waals surface area contributed by atoms with Crippen molar-refractivity contribution < 1.29 is 9.47 Å². The Morgan fingerprint density at radius 3 is 2.85 bits per heavy atom. The van der Waals surface area contributed by atoms with Crippen LogP contribution in [0.1, 0.15) is 20.3 Å². The molecule has 3 atom stereocenters. The molecule has 0 saturated carbocycles. The Kier molecular flexibility index (Phi) is 4.99. The molecule has 1 rings (SSSR count). The third-order valence-corrected chi connectivity index (χ3v) is 2.71. The predicted octanol–water partition coefficient (Wildman–Crippen LogP) is 2.73. The van der Waals surface area contributed by atoms with Crippen LogP contribution < -0.4 is 0 Å². The summed E-state index contributed by atoms with van der Waals surface area (Å²) < 4.78 is 11.2. The second-order valence-electron chi connectivity index (χ2n) is 3.28. The van der Waals surface area contributed by atoms with Gasteiger partial charge in [-0.1, -0.05) is 35.0 Å². The van der Waals surface area contributed by atoms with Crippen LogP contribution in [0.3, 0.4) is 0 Å². The summed E-state index contributed by atoms with van der Waals surface area (Å²) in [6.45, 7) is 4.87. The van der Waals surface area contributed by atoms with E-state index in [1.165, 1.54) is 0 Å². The van der Waals surface area contributed by atoms with Crippen LogP contribution in [0.25, 0.3) is 0 Å². The molecule has 0 saturated heterocycles. The molecule has 0 aliphatic heterocycles. The van der Waals surface area contributed by atoms with E-state index in [9.17, 15) is 0 Å². The summed E-state index contributed by atoms with van der Waals surface area (Å²) in [5.74, 6) is 0.585. The van der Waals surface area contributed by atoms with Gasteiger partial charge in [-0.3, -0.25) is 0 Å². The first-order chi connectivity index (χ1) is 6.27. The molecule has 13 heavy (non-hydrogen) atoms. The van der Waals surface area contributed by atoms with E-state index in [2.05, 4.69) is 35.0 Å². The van der Waals surface area contributed by atoms with Crippen molar-refractivity contribution in [2.24, 2.45) is 5.92 Å². The topological polar surface area (TPSA) is 18.5 Å². The Bertz CT molecular complexity index is 170. The number of ether oxygens (including phenoxy) is 2. The zero-order valence-electron chi connectivity index (χ0n) is 8.20. The van der Waals surface area contributed by atoms with Crippen LogP contribution in [0, 0.1) is 5.92 Å². The predicted molar refractivity (Wildman–Crippen MR) is 57.0 cm³/mol. The zero-order valence-corrected chi connectivity index (χ0v) is 9.79. The average Bonchev–Trinajstić information content (AvgIpc) is 2.51. The maximum atomic E-state index is 5.76. The van der Waals surface area contributed by atoms with Gasteiger partial charge in [0.05, 0.1) is 11.4 Å². The van der Waals surface area contributed by atoms with Crippen molar-refractivity contribution in [3.63, 3.8) is 0 Å². The molecule has 1 aliphatic rings. The molecule has 0 aromatic heterocycles. The van der Waals surface area contributed by atoms with Gasteiger partial charge in [0, 0.05) is 6.61 Å². The summed E-state index contributed by atoms with van der Waals surface area (Å²) in [5.41, 5.74) is 0. The van der Waals surface area contributed by atoms with Gasteiger partial charge < -0.3 is 9.47 Å². The number of rotatable bonds is 5. The minimum Gasteiger partial charge on any atom is -0.352 e. The van der Waals surface area contributed by atoms with Gasteiger partial charge in [0.25, 0.3) is 0 Å². The fraction of sp³-hybridized carbons (Fsp3) is 0.800. The quantitative estimate of drug-likeness (QED) is 0.423. The first kappa shape index (κ1) is 11.2. The van der Waals surface area contributed by atoms with Crippen LogP contribution in [0.4, 0.5) is 0 Å². The SMILES string of the molecule is CCOC(CBr)OC1C=CCC1C. The first-order valence-electron chi connectivity index (χ1n) is 4.77. The van der Waals surface area contributed by atoms with Crippen molar-refractivity contribution in [3.05, 3.63) is 12.2 Å². The first-order valence-corrected chi connectivity index (χ1v) is 5.89. The molecular weight excluding hydrogens is 232 g/mol. The Balaban J connectivity index is 2.32. The van der Waals surface area contributed by atoms with E-state index >= 15 is 0 Å². The summed E-state index contributed by atoms with van der Waals surface area (Å²) in [5, 5.41) is 0.734. The van der Waals surface area contributed by atoms with E-state index in [4.69, 9.17) is 9.47 Å². The third kappa shape index (κ3) is 3.41. The highest BCUT2D eigenvalue weighted by Crippen LogP contribution is 2.22. The smallest absolute Gasteiger partial charge is 0.167 e. The third-order valence-electron chi connectivity index (χ3n) is 2.18. The summed E-state index contributed by atoms with van der Waals surface area (Å²) >= 11 is 3.37. The highest BCUT2D eigenvalue weighted by molar-refractivity contribution is 9.09. The van der Waals surface area contributed by atoms with Gasteiger partial charge in [-0.05, 0) is 19.3 Å². The van der Waals surface area contributed by atoms with Gasteiger partial charge in [0.15, 0.2) is 6.29 Å². The van der Waals surface area contributed by atoms with Crippen LogP contribution in [0.5, 0.6) is 0 Å².